The zero-order valence-electron chi connectivity index (χ0n) is 11.5. The van der Waals surface area contributed by atoms with Crippen LogP contribution in [0.1, 0.15) is 13.8 Å². The second-order valence-electron chi connectivity index (χ2n) is 4.09. The number of likely N-dealkylation sites (N-methyl/N-ethyl adjacent to an activating group) is 2. The van der Waals surface area contributed by atoms with E-state index in [2.05, 4.69) is 15.3 Å². The minimum absolute atomic E-state index is 0.0560. The third-order valence-electron chi connectivity index (χ3n) is 2.54. The van der Waals surface area contributed by atoms with Crippen LogP contribution < -0.4 is 10.2 Å². The van der Waals surface area contributed by atoms with Gasteiger partial charge in [-0.3, -0.25) is 4.79 Å². The number of carbonyl (C=O) groups excluding carboxylic acids is 1. The number of hydrogen-bond acceptors (Lipinski definition) is 5. The summed E-state index contributed by atoms with van der Waals surface area (Å²) in [5.41, 5.74) is 0. The number of nitrogens with zero attached hydrogens (tertiary/aromatic N) is 4. The molecule has 0 spiro atoms. The van der Waals surface area contributed by atoms with Gasteiger partial charge >= 0.3 is 0 Å². The molecule has 0 fully saturated rings. The van der Waals surface area contributed by atoms with Crippen LogP contribution >= 0.6 is 0 Å². The molecular formula is C12H21N5O. The van der Waals surface area contributed by atoms with Gasteiger partial charge in [0, 0.05) is 33.3 Å². The van der Waals surface area contributed by atoms with Crippen molar-refractivity contribution < 1.29 is 4.79 Å². The van der Waals surface area contributed by atoms with Crippen LogP contribution in [0.15, 0.2) is 12.4 Å². The normalized spacial score (nSPS) is 10.0. The Kier molecular flexibility index (Phi) is 5.35. The summed E-state index contributed by atoms with van der Waals surface area (Å²) in [6, 6.07) is 1.86. The van der Waals surface area contributed by atoms with Crippen LogP contribution in [0, 0.1) is 0 Å². The number of anilines is 2. The van der Waals surface area contributed by atoms with E-state index in [-0.39, 0.29) is 5.91 Å². The summed E-state index contributed by atoms with van der Waals surface area (Å²) in [5.74, 6) is 1.59. The molecule has 1 heterocycles. The summed E-state index contributed by atoms with van der Waals surface area (Å²) in [4.78, 5) is 23.5. The van der Waals surface area contributed by atoms with Crippen molar-refractivity contribution >= 4 is 17.5 Å². The molecule has 100 valence electrons. The minimum atomic E-state index is 0.0560. The van der Waals surface area contributed by atoms with Crippen LogP contribution in [0.3, 0.4) is 0 Å². The SMILES string of the molecule is CCNc1cc(N(CC)CC(=O)N(C)C)ncn1. The van der Waals surface area contributed by atoms with E-state index in [0.717, 1.165) is 24.7 Å². The highest BCUT2D eigenvalue weighted by Gasteiger charge is 2.13. The third-order valence-corrected chi connectivity index (χ3v) is 2.54. The molecule has 1 N–H and O–H groups in total. The van der Waals surface area contributed by atoms with Crippen molar-refractivity contribution in [2.45, 2.75) is 13.8 Å². The molecule has 1 amide bonds. The quantitative estimate of drug-likeness (QED) is 0.811. The molecule has 18 heavy (non-hydrogen) atoms. The lowest BCUT2D eigenvalue weighted by Gasteiger charge is -2.23. The number of amides is 1. The van der Waals surface area contributed by atoms with E-state index in [4.69, 9.17) is 0 Å². The van der Waals surface area contributed by atoms with Crippen molar-refractivity contribution in [3.8, 4) is 0 Å². The first kappa shape index (κ1) is 14.2. The smallest absolute Gasteiger partial charge is 0.241 e. The third kappa shape index (κ3) is 3.87. The Hall–Kier alpha value is -1.85. The van der Waals surface area contributed by atoms with E-state index in [0.29, 0.717) is 6.54 Å². The van der Waals surface area contributed by atoms with Crippen LogP contribution in [-0.4, -0.2) is 54.5 Å². The molecule has 0 unspecified atom stereocenters. The number of nitrogens with one attached hydrogen (secondary N) is 1. The fraction of sp³-hybridized carbons (Fsp3) is 0.583. The molecule has 0 bridgehead atoms. The maximum atomic E-state index is 11.7. The van der Waals surface area contributed by atoms with Gasteiger partial charge in [0.05, 0.1) is 6.54 Å². The molecule has 0 aliphatic carbocycles. The molecule has 0 saturated heterocycles. The lowest BCUT2D eigenvalue weighted by atomic mass is 10.4. The summed E-state index contributed by atoms with van der Waals surface area (Å²) < 4.78 is 0. The summed E-state index contributed by atoms with van der Waals surface area (Å²) in [7, 11) is 3.50. The van der Waals surface area contributed by atoms with E-state index in [9.17, 15) is 4.79 Å². The van der Waals surface area contributed by atoms with E-state index < -0.39 is 0 Å². The molecule has 6 heteroatoms. The Labute approximate surface area is 108 Å². The highest BCUT2D eigenvalue weighted by atomic mass is 16.2. The number of carbonyl (C=O) groups is 1. The van der Waals surface area contributed by atoms with Crippen LogP contribution in [0.4, 0.5) is 11.6 Å². The number of rotatable bonds is 6. The van der Waals surface area contributed by atoms with Crippen LogP contribution in [-0.2, 0) is 4.79 Å². The second-order valence-corrected chi connectivity index (χ2v) is 4.09. The fourth-order valence-corrected chi connectivity index (χ4v) is 1.46. The lowest BCUT2D eigenvalue weighted by Crippen LogP contribution is -2.37. The Morgan fingerprint density at radius 3 is 2.61 bits per heavy atom. The van der Waals surface area contributed by atoms with Crippen molar-refractivity contribution in [1.82, 2.24) is 14.9 Å². The topological polar surface area (TPSA) is 61.4 Å². The standard InChI is InChI=1S/C12H21N5O/c1-5-13-10-7-11(15-9-14-10)17(6-2)8-12(18)16(3)4/h7,9H,5-6,8H2,1-4H3,(H,13,14,15). The van der Waals surface area contributed by atoms with Crippen molar-refractivity contribution in [2.24, 2.45) is 0 Å². The molecule has 1 aromatic rings. The molecule has 6 nitrogen and oxygen atoms in total. The molecular weight excluding hydrogens is 230 g/mol. The molecule has 0 aromatic carbocycles. The Morgan fingerprint density at radius 2 is 2.06 bits per heavy atom. The first-order valence-corrected chi connectivity index (χ1v) is 6.09. The fourth-order valence-electron chi connectivity index (χ4n) is 1.46. The van der Waals surface area contributed by atoms with E-state index >= 15 is 0 Å². The van der Waals surface area contributed by atoms with Gasteiger partial charge in [0.1, 0.15) is 18.0 Å². The number of hydrogen-bond donors (Lipinski definition) is 1. The molecule has 0 radical (unpaired) electrons. The van der Waals surface area contributed by atoms with Gasteiger partial charge in [0.2, 0.25) is 5.91 Å². The van der Waals surface area contributed by atoms with Crippen LogP contribution in [0.25, 0.3) is 0 Å². The van der Waals surface area contributed by atoms with Crippen LogP contribution in [0.5, 0.6) is 0 Å². The van der Waals surface area contributed by atoms with Gasteiger partial charge in [-0.15, -0.1) is 0 Å². The van der Waals surface area contributed by atoms with Gasteiger partial charge in [0.25, 0.3) is 0 Å². The predicted molar refractivity (Wildman–Crippen MR) is 72.8 cm³/mol. The Morgan fingerprint density at radius 1 is 1.33 bits per heavy atom. The molecule has 0 saturated carbocycles. The van der Waals surface area contributed by atoms with E-state index in [1.807, 2.05) is 24.8 Å². The largest absolute Gasteiger partial charge is 0.370 e. The van der Waals surface area contributed by atoms with Gasteiger partial charge in [-0.2, -0.15) is 0 Å². The lowest BCUT2D eigenvalue weighted by molar-refractivity contribution is -0.127. The summed E-state index contributed by atoms with van der Waals surface area (Å²) in [6.07, 6.45) is 1.51. The molecule has 0 atom stereocenters. The zero-order chi connectivity index (χ0) is 13.5. The van der Waals surface area contributed by atoms with Crippen molar-refractivity contribution in [1.29, 1.82) is 0 Å². The average Bonchev–Trinajstić information content (AvgIpc) is 2.36. The second kappa shape index (κ2) is 6.78. The monoisotopic (exact) mass is 251 g/mol. The van der Waals surface area contributed by atoms with Gasteiger partial charge in [0.15, 0.2) is 0 Å². The van der Waals surface area contributed by atoms with Gasteiger partial charge < -0.3 is 15.1 Å². The van der Waals surface area contributed by atoms with Crippen molar-refractivity contribution in [2.75, 3.05) is 43.9 Å². The molecule has 1 rings (SSSR count). The molecule has 0 aliphatic heterocycles. The first-order valence-electron chi connectivity index (χ1n) is 6.09. The maximum Gasteiger partial charge on any atom is 0.241 e. The molecule has 0 aliphatic rings. The van der Waals surface area contributed by atoms with Crippen LogP contribution in [0.2, 0.25) is 0 Å². The Bertz CT molecular complexity index is 394. The summed E-state index contributed by atoms with van der Waals surface area (Å²) in [6.45, 7) is 5.86. The Balaban J connectivity index is 2.81. The molecule has 1 aromatic heterocycles. The highest BCUT2D eigenvalue weighted by molar-refractivity contribution is 5.80. The van der Waals surface area contributed by atoms with E-state index in [1.165, 1.54) is 6.33 Å². The van der Waals surface area contributed by atoms with Crippen molar-refractivity contribution in [3.05, 3.63) is 12.4 Å². The number of aromatic nitrogens is 2. The minimum Gasteiger partial charge on any atom is -0.370 e. The summed E-state index contributed by atoms with van der Waals surface area (Å²) >= 11 is 0. The van der Waals surface area contributed by atoms with Gasteiger partial charge in [-0.1, -0.05) is 0 Å². The van der Waals surface area contributed by atoms with Gasteiger partial charge in [-0.05, 0) is 13.8 Å². The first-order chi connectivity index (χ1) is 8.58. The zero-order valence-corrected chi connectivity index (χ0v) is 11.5. The average molecular weight is 251 g/mol. The van der Waals surface area contributed by atoms with Gasteiger partial charge in [-0.25, -0.2) is 9.97 Å². The summed E-state index contributed by atoms with van der Waals surface area (Å²) in [5, 5.41) is 3.13. The maximum absolute atomic E-state index is 11.7. The van der Waals surface area contributed by atoms with Crippen molar-refractivity contribution in [3.63, 3.8) is 0 Å². The van der Waals surface area contributed by atoms with E-state index in [1.54, 1.807) is 19.0 Å². The predicted octanol–water partition coefficient (Wildman–Crippen LogP) is 0.823. The highest BCUT2D eigenvalue weighted by Crippen LogP contribution is 2.13.